The van der Waals surface area contributed by atoms with Crippen LogP contribution in [0.3, 0.4) is 0 Å². The fraction of sp³-hybridized carbons (Fsp3) is 0.368. The van der Waals surface area contributed by atoms with Crippen LogP contribution in [0.5, 0.6) is 5.75 Å². The van der Waals surface area contributed by atoms with Crippen LogP contribution in [0.25, 0.3) is 0 Å². The van der Waals surface area contributed by atoms with Gasteiger partial charge in [-0.1, -0.05) is 23.7 Å². The van der Waals surface area contributed by atoms with E-state index in [1.165, 1.54) is 17.7 Å². The molecule has 1 heterocycles. The number of piperidine rings is 1. The minimum Gasteiger partial charge on any atom is -0.493 e. The Hall–Kier alpha value is -1.58. The van der Waals surface area contributed by atoms with Crippen LogP contribution in [0.2, 0.25) is 5.02 Å². The highest BCUT2D eigenvalue weighted by atomic mass is 35.5. The Morgan fingerprint density at radius 3 is 2.30 bits per heavy atom. The summed E-state index contributed by atoms with van der Waals surface area (Å²) in [6.45, 7) is 3.85. The molecule has 122 valence electrons. The average molecular weight is 334 g/mol. The second kappa shape index (κ2) is 7.80. The summed E-state index contributed by atoms with van der Waals surface area (Å²) < 4.78 is 18.6. The van der Waals surface area contributed by atoms with Gasteiger partial charge in [0.1, 0.15) is 11.6 Å². The first-order valence-electron chi connectivity index (χ1n) is 8.04. The van der Waals surface area contributed by atoms with Crippen LogP contribution >= 0.6 is 11.6 Å². The predicted octanol–water partition coefficient (Wildman–Crippen LogP) is 4.77. The lowest BCUT2D eigenvalue weighted by Gasteiger charge is -2.31. The highest BCUT2D eigenvalue weighted by Crippen LogP contribution is 2.21. The summed E-state index contributed by atoms with van der Waals surface area (Å²) in [7, 11) is 0. The van der Waals surface area contributed by atoms with E-state index in [-0.39, 0.29) is 5.82 Å². The normalized spacial score (nSPS) is 16.4. The number of hydrogen-bond acceptors (Lipinski definition) is 2. The number of nitrogens with zero attached hydrogens (tertiary/aromatic N) is 1. The molecule has 2 nitrogen and oxygen atoms in total. The van der Waals surface area contributed by atoms with Gasteiger partial charge < -0.3 is 4.74 Å². The van der Waals surface area contributed by atoms with Crippen LogP contribution < -0.4 is 4.74 Å². The van der Waals surface area contributed by atoms with E-state index in [1.807, 2.05) is 12.1 Å². The number of hydrogen-bond donors (Lipinski definition) is 0. The van der Waals surface area contributed by atoms with E-state index < -0.39 is 0 Å². The van der Waals surface area contributed by atoms with Gasteiger partial charge >= 0.3 is 0 Å². The fourth-order valence-electron chi connectivity index (χ4n) is 2.90. The zero-order chi connectivity index (χ0) is 16.1. The maximum Gasteiger partial charge on any atom is 0.123 e. The van der Waals surface area contributed by atoms with Crippen molar-refractivity contribution < 1.29 is 9.13 Å². The Kier molecular flexibility index (Phi) is 5.52. The van der Waals surface area contributed by atoms with Crippen molar-refractivity contribution in [1.29, 1.82) is 0 Å². The van der Waals surface area contributed by atoms with Crippen LogP contribution in [0.4, 0.5) is 4.39 Å². The smallest absolute Gasteiger partial charge is 0.123 e. The molecule has 0 atom stereocenters. The van der Waals surface area contributed by atoms with E-state index in [2.05, 4.69) is 17.0 Å². The molecule has 0 spiro atoms. The Morgan fingerprint density at radius 2 is 1.65 bits per heavy atom. The molecule has 1 aliphatic rings. The van der Waals surface area contributed by atoms with Gasteiger partial charge in [0, 0.05) is 11.6 Å². The van der Waals surface area contributed by atoms with E-state index in [0.29, 0.717) is 12.5 Å². The van der Waals surface area contributed by atoms with Crippen molar-refractivity contribution in [2.45, 2.75) is 19.4 Å². The topological polar surface area (TPSA) is 12.5 Å². The zero-order valence-corrected chi connectivity index (χ0v) is 13.8. The minimum atomic E-state index is -0.229. The van der Waals surface area contributed by atoms with Gasteiger partial charge in [-0.2, -0.15) is 0 Å². The van der Waals surface area contributed by atoms with Crippen molar-refractivity contribution in [3.63, 3.8) is 0 Å². The Labute approximate surface area is 141 Å². The molecule has 3 rings (SSSR count). The molecule has 1 fully saturated rings. The summed E-state index contributed by atoms with van der Waals surface area (Å²) in [6, 6.07) is 14.3. The Bertz CT molecular complexity index is 606. The first-order chi connectivity index (χ1) is 11.2. The third-order valence-corrected chi connectivity index (χ3v) is 4.58. The van der Waals surface area contributed by atoms with Crippen LogP contribution in [0.1, 0.15) is 18.4 Å². The van der Waals surface area contributed by atoms with Crippen molar-refractivity contribution in [3.05, 3.63) is 64.9 Å². The standard InChI is InChI=1S/C19H21ClFNO/c20-17-3-1-15(2-4-17)13-22-11-9-16(10-12-22)14-23-19-7-5-18(21)6-8-19/h1-8,16H,9-14H2. The highest BCUT2D eigenvalue weighted by molar-refractivity contribution is 6.30. The van der Waals surface area contributed by atoms with Gasteiger partial charge in [0.25, 0.3) is 0 Å². The van der Waals surface area contributed by atoms with Crippen molar-refractivity contribution in [2.75, 3.05) is 19.7 Å². The van der Waals surface area contributed by atoms with Crippen molar-refractivity contribution >= 4 is 11.6 Å². The van der Waals surface area contributed by atoms with Gasteiger partial charge in [0.05, 0.1) is 6.61 Å². The first-order valence-corrected chi connectivity index (χ1v) is 8.42. The van der Waals surface area contributed by atoms with Gasteiger partial charge in [0.15, 0.2) is 0 Å². The van der Waals surface area contributed by atoms with Gasteiger partial charge in [-0.3, -0.25) is 4.90 Å². The molecular weight excluding hydrogens is 313 g/mol. The molecule has 2 aromatic rings. The van der Waals surface area contributed by atoms with E-state index >= 15 is 0 Å². The van der Waals surface area contributed by atoms with E-state index in [9.17, 15) is 4.39 Å². The average Bonchev–Trinajstić information content (AvgIpc) is 2.58. The maximum absolute atomic E-state index is 12.9. The number of likely N-dealkylation sites (tertiary alicyclic amines) is 1. The second-order valence-electron chi connectivity index (χ2n) is 6.11. The van der Waals surface area contributed by atoms with Crippen molar-refractivity contribution in [3.8, 4) is 5.75 Å². The second-order valence-corrected chi connectivity index (χ2v) is 6.55. The Morgan fingerprint density at radius 1 is 1.00 bits per heavy atom. The largest absolute Gasteiger partial charge is 0.493 e. The predicted molar refractivity (Wildman–Crippen MR) is 91.3 cm³/mol. The lowest BCUT2D eigenvalue weighted by atomic mass is 9.97. The maximum atomic E-state index is 12.9. The Balaban J connectivity index is 1.41. The molecule has 0 bridgehead atoms. The third-order valence-electron chi connectivity index (χ3n) is 4.33. The molecule has 0 unspecified atom stereocenters. The van der Waals surface area contributed by atoms with Crippen molar-refractivity contribution in [2.24, 2.45) is 5.92 Å². The molecule has 0 aliphatic carbocycles. The number of benzene rings is 2. The summed E-state index contributed by atoms with van der Waals surface area (Å²) in [5.74, 6) is 1.09. The lowest BCUT2D eigenvalue weighted by molar-refractivity contribution is 0.136. The molecule has 0 radical (unpaired) electrons. The van der Waals surface area contributed by atoms with E-state index in [4.69, 9.17) is 16.3 Å². The quantitative estimate of drug-likeness (QED) is 0.781. The monoisotopic (exact) mass is 333 g/mol. The summed E-state index contributed by atoms with van der Waals surface area (Å²) in [4.78, 5) is 2.47. The molecule has 1 saturated heterocycles. The van der Waals surface area contributed by atoms with Crippen LogP contribution in [0, 0.1) is 11.7 Å². The van der Waals surface area contributed by atoms with Crippen LogP contribution in [0.15, 0.2) is 48.5 Å². The summed E-state index contributed by atoms with van der Waals surface area (Å²) in [5.41, 5.74) is 1.30. The van der Waals surface area contributed by atoms with Crippen LogP contribution in [-0.2, 0) is 6.54 Å². The minimum absolute atomic E-state index is 0.229. The number of halogens is 2. The van der Waals surface area contributed by atoms with Crippen molar-refractivity contribution in [1.82, 2.24) is 4.90 Å². The summed E-state index contributed by atoms with van der Waals surface area (Å²) in [5, 5.41) is 0.783. The molecule has 0 aromatic heterocycles. The van der Waals surface area contributed by atoms with E-state index in [0.717, 1.165) is 43.2 Å². The molecular formula is C19H21ClFNO. The molecule has 2 aromatic carbocycles. The molecule has 23 heavy (non-hydrogen) atoms. The highest BCUT2D eigenvalue weighted by Gasteiger charge is 2.19. The van der Waals surface area contributed by atoms with Gasteiger partial charge in [-0.25, -0.2) is 4.39 Å². The van der Waals surface area contributed by atoms with Gasteiger partial charge in [-0.15, -0.1) is 0 Å². The summed E-state index contributed by atoms with van der Waals surface area (Å²) in [6.07, 6.45) is 2.27. The number of rotatable bonds is 5. The van der Waals surface area contributed by atoms with Gasteiger partial charge in [-0.05, 0) is 73.8 Å². The van der Waals surface area contributed by atoms with Gasteiger partial charge in [0.2, 0.25) is 0 Å². The molecule has 0 saturated carbocycles. The van der Waals surface area contributed by atoms with Crippen LogP contribution in [-0.4, -0.2) is 24.6 Å². The van der Waals surface area contributed by atoms with E-state index in [1.54, 1.807) is 12.1 Å². The fourth-order valence-corrected chi connectivity index (χ4v) is 3.03. The molecule has 1 aliphatic heterocycles. The number of ether oxygens (including phenoxy) is 1. The lowest BCUT2D eigenvalue weighted by Crippen LogP contribution is -2.35. The first kappa shape index (κ1) is 16.3. The third kappa shape index (κ3) is 4.95. The zero-order valence-electron chi connectivity index (χ0n) is 13.1. The SMILES string of the molecule is Fc1ccc(OCC2CCN(Cc3ccc(Cl)cc3)CC2)cc1. The molecule has 0 amide bonds. The molecule has 0 N–H and O–H groups in total. The molecule has 4 heteroatoms. The summed E-state index contributed by atoms with van der Waals surface area (Å²) >= 11 is 5.92.